The number of anilines is 1. The summed E-state index contributed by atoms with van der Waals surface area (Å²) in [6, 6.07) is 6.71. The number of aliphatic hydroxyl groups excluding tert-OH is 1. The van der Waals surface area contributed by atoms with Crippen molar-refractivity contribution in [1.29, 1.82) is 0 Å². The molecule has 1 aliphatic heterocycles. The summed E-state index contributed by atoms with van der Waals surface area (Å²) in [5, 5.41) is 14.1. The molecule has 4 N–H and O–H groups in total. The number of hydrogen-bond donors (Lipinski definition) is 3. The molecule has 15 heteroatoms. The third-order valence-corrected chi connectivity index (χ3v) is 8.33. The lowest BCUT2D eigenvalue weighted by atomic mass is 9.96. The van der Waals surface area contributed by atoms with Crippen molar-refractivity contribution in [1.82, 2.24) is 19.6 Å². The van der Waals surface area contributed by atoms with Gasteiger partial charge in [-0.3, -0.25) is 9.32 Å². The van der Waals surface area contributed by atoms with Crippen LogP contribution in [0.15, 0.2) is 42.9 Å². The minimum atomic E-state index is -4.40. The van der Waals surface area contributed by atoms with Crippen molar-refractivity contribution in [2.75, 3.05) is 12.3 Å². The molecule has 2 unspecified atom stereocenters. The Hall–Kier alpha value is -2.80. The van der Waals surface area contributed by atoms with Crippen molar-refractivity contribution in [3.05, 3.63) is 47.9 Å². The van der Waals surface area contributed by atoms with Gasteiger partial charge in [0.15, 0.2) is 11.9 Å². The zero-order valence-corrected chi connectivity index (χ0v) is 23.3. The number of esters is 1. The van der Waals surface area contributed by atoms with Gasteiger partial charge in [0.1, 0.15) is 41.8 Å². The van der Waals surface area contributed by atoms with Crippen LogP contribution in [0.1, 0.15) is 33.9 Å². The Balaban J connectivity index is 1.61. The number of hydrogen-bond acceptors (Lipinski definition) is 10. The number of nitrogens with one attached hydrogen (secondary N) is 1. The molecule has 212 valence electrons. The van der Waals surface area contributed by atoms with E-state index >= 15 is 4.39 Å². The van der Waals surface area contributed by atoms with Gasteiger partial charge in [-0.05, 0) is 45.9 Å². The van der Waals surface area contributed by atoms with Crippen molar-refractivity contribution in [3.8, 4) is 5.75 Å². The molecule has 39 heavy (non-hydrogen) atoms. The number of ether oxygens (including phenoxy) is 2. The molecule has 0 spiro atoms. The minimum Gasteiger partial charge on any atom is -0.465 e. The number of alkyl halides is 1. The average molecular weight is 586 g/mol. The van der Waals surface area contributed by atoms with Crippen LogP contribution in [0, 0.1) is 0 Å². The van der Waals surface area contributed by atoms with E-state index in [-0.39, 0.29) is 23.2 Å². The lowest BCUT2D eigenvalue weighted by Crippen LogP contribution is -2.44. The molecule has 0 amide bonds. The van der Waals surface area contributed by atoms with E-state index in [1.807, 2.05) is 0 Å². The minimum absolute atomic E-state index is 0.00966. The molecule has 1 saturated heterocycles. The Morgan fingerprint density at radius 2 is 2.08 bits per heavy atom. The molecule has 12 nitrogen and oxygen atoms in total. The first-order valence-electron chi connectivity index (χ1n) is 12.1. The standard InChI is InChI=1S/C24H30ClFN5O7P/c1-5-35-22(33)13(2)30-39(34,38-17-9-7-6-8-16(17)25)37-14(3)18-19(32)24(4,26)23(36-18)31-11-10-15-20(27)28-12-29-21(15)31/h6-14,18-19,23,32H,5H2,1-4H3,(H,30,34)(H2,27,28,29)/t13-,14?,18+,19+,23+,24+,39?/m0/s1. The number of benzene rings is 1. The second-order valence-corrected chi connectivity index (χ2v) is 11.3. The highest BCUT2D eigenvalue weighted by atomic mass is 35.5. The van der Waals surface area contributed by atoms with Crippen LogP contribution >= 0.6 is 19.3 Å². The van der Waals surface area contributed by atoms with Gasteiger partial charge in [0.2, 0.25) is 0 Å². The molecular formula is C24H30ClFN5O7P. The second kappa shape index (κ2) is 11.4. The molecule has 0 aliphatic carbocycles. The summed E-state index contributed by atoms with van der Waals surface area (Å²) < 4.78 is 53.6. The monoisotopic (exact) mass is 585 g/mol. The number of rotatable bonds is 10. The van der Waals surface area contributed by atoms with Crippen LogP contribution in [0.3, 0.4) is 0 Å². The van der Waals surface area contributed by atoms with Gasteiger partial charge in [-0.2, -0.15) is 5.09 Å². The van der Waals surface area contributed by atoms with E-state index in [0.29, 0.717) is 11.0 Å². The highest BCUT2D eigenvalue weighted by Crippen LogP contribution is 2.51. The van der Waals surface area contributed by atoms with Crippen molar-refractivity contribution in [2.45, 2.75) is 63.9 Å². The predicted molar refractivity (Wildman–Crippen MR) is 141 cm³/mol. The topological polar surface area (TPSA) is 160 Å². The highest BCUT2D eigenvalue weighted by Gasteiger charge is 2.57. The van der Waals surface area contributed by atoms with Crippen LogP contribution in [0.4, 0.5) is 10.2 Å². The molecule has 7 atom stereocenters. The van der Waals surface area contributed by atoms with Gasteiger partial charge in [-0.25, -0.2) is 18.9 Å². The van der Waals surface area contributed by atoms with Crippen molar-refractivity contribution in [3.63, 3.8) is 0 Å². The SMILES string of the molecule is CCOC(=O)[C@H](C)NP(=O)(Oc1ccccc1Cl)OC(C)[C@H]1O[C@@H](n2ccc3c(N)ncnc32)[C@](C)(F)[C@@H]1O. The number of nitrogens with zero attached hydrogens (tertiary/aromatic N) is 3. The summed E-state index contributed by atoms with van der Waals surface area (Å²) in [4.78, 5) is 20.3. The normalized spacial score (nSPS) is 26.2. The Morgan fingerprint density at radius 1 is 1.36 bits per heavy atom. The molecule has 4 rings (SSSR count). The van der Waals surface area contributed by atoms with E-state index in [1.165, 1.54) is 50.0 Å². The van der Waals surface area contributed by atoms with Gasteiger partial charge in [-0.15, -0.1) is 0 Å². The summed E-state index contributed by atoms with van der Waals surface area (Å²) in [6.07, 6.45) is -2.83. The number of para-hydroxylation sites is 1. The zero-order valence-electron chi connectivity index (χ0n) is 21.7. The quantitative estimate of drug-likeness (QED) is 0.234. The third-order valence-electron chi connectivity index (χ3n) is 6.27. The zero-order chi connectivity index (χ0) is 28.5. The fraction of sp³-hybridized carbons (Fsp3) is 0.458. The average Bonchev–Trinajstić information content (AvgIpc) is 3.39. The molecule has 3 heterocycles. The van der Waals surface area contributed by atoms with Crippen molar-refractivity contribution in [2.24, 2.45) is 0 Å². The Kier molecular flexibility index (Phi) is 8.50. The first-order valence-corrected chi connectivity index (χ1v) is 14.1. The first-order chi connectivity index (χ1) is 18.4. The van der Waals surface area contributed by atoms with Gasteiger partial charge in [-0.1, -0.05) is 23.7 Å². The number of aromatic nitrogens is 3. The van der Waals surface area contributed by atoms with Crippen molar-refractivity contribution < 1.29 is 37.4 Å². The van der Waals surface area contributed by atoms with E-state index in [2.05, 4.69) is 15.1 Å². The van der Waals surface area contributed by atoms with E-state index in [1.54, 1.807) is 25.1 Å². The summed E-state index contributed by atoms with van der Waals surface area (Å²) in [5.41, 5.74) is 3.87. The van der Waals surface area contributed by atoms with E-state index < -0.39 is 50.0 Å². The van der Waals surface area contributed by atoms with E-state index in [9.17, 15) is 14.5 Å². The molecular weight excluding hydrogens is 556 g/mol. The number of nitrogen functional groups attached to an aromatic ring is 1. The molecule has 3 aromatic rings. The van der Waals surface area contributed by atoms with Crippen LogP contribution in [0.25, 0.3) is 11.0 Å². The summed E-state index contributed by atoms with van der Waals surface area (Å²) in [5.74, 6) is -0.493. The summed E-state index contributed by atoms with van der Waals surface area (Å²) >= 11 is 6.18. The number of nitrogens with two attached hydrogens (primary N) is 1. The lowest BCUT2D eigenvalue weighted by Gasteiger charge is -2.29. The Labute approximate surface area is 229 Å². The third kappa shape index (κ3) is 5.88. The predicted octanol–water partition coefficient (Wildman–Crippen LogP) is 3.79. The number of aliphatic hydroxyl groups is 1. The van der Waals surface area contributed by atoms with Crippen LogP contribution < -0.4 is 15.3 Å². The fourth-order valence-corrected chi connectivity index (χ4v) is 6.21. The fourth-order valence-electron chi connectivity index (χ4n) is 4.27. The number of halogens is 2. The highest BCUT2D eigenvalue weighted by molar-refractivity contribution is 7.52. The number of carbonyl (C=O) groups is 1. The number of fused-ring (bicyclic) bond motifs is 1. The Bertz CT molecular complexity index is 1390. The molecule has 1 fully saturated rings. The molecule has 1 aliphatic rings. The van der Waals surface area contributed by atoms with Crippen LogP contribution in [-0.2, 0) is 23.4 Å². The van der Waals surface area contributed by atoms with Gasteiger partial charge < -0.3 is 29.4 Å². The van der Waals surface area contributed by atoms with Gasteiger partial charge >= 0.3 is 13.7 Å². The van der Waals surface area contributed by atoms with Crippen LogP contribution in [0.2, 0.25) is 5.02 Å². The lowest BCUT2D eigenvalue weighted by molar-refractivity contribution is -0.144. The summed E-state index contributed by atoms with van der Waals surface area (Å²) in [6.45, 7) is 5.74. The molecule has 0 radical (unpaired) electrons. The molecule has 1 aromatic carbocycles. The largest absolute Gasteiger partial charge is 0.465 e. The Morgan fingerprint density at radius 3 is 2.77 bits per heavy atom. The first kappa shape index (κ1) is 29.2. The number of carbonyl (C=O) groups excluding carboxylic acids is 1. The maximum absolute atomic E-state index is 16.0. The van der Waals surface area contributed by atoms with Crippen molar-refractivity contribution >= 4 is 42.2 Å². The van der Waals surface area contributed by atoms with E-state index in [0.717, 1.165) is 0 Å². The molecule has 0 bridgehead atoms. The van der Waals surface area contributed by atoms with Crippen LogP contribution in [0.5, 0.6) is 5.75 Å². The van der Waals surface area contributed by atoms with Gasteiger partial charge in [0, 0.05) is 6.20 Å². The maximum atomic E-state index is 16.0. The van der Waals surface area contributed by atoms with Gasteiger partial charge in [0.05, 0.1) is 23.1 Å². The smallest absolute Gasteiger partial charge is 0.459 e. The van der Waals surface area contributed by atoms with Gasteiger partial charge in [0.25, 0.3) is 0 Å². The molecule has 2 aromatic heterocycles. The van der Waals surface area contributed by atoms with E-state index in [4.69, 9.17) is 35.9 Å². The second-order valence-electron chi connectivity index (χ2n) is 9.20. The molecule has 0 saturated carbocycles. The maximum Gasteiger partial charge on any atom is 0.459 e. The summed E-state index contributed by atoms with van der Waals surface area (Å²) in [7, 11) is -4.40. The van der Waals surface area contributed by atoms with Crippen LogP contribution in [-0.4, -0.2) is 62.2 Å².